The van der Waals surface area contributed by atoms with E-state index in [1.807, 2.05) is 0 Å². The number of alkyl halides is 2. The number of rotatable bonds is 3. The van der Waals surface area contributed by atoms with Gasteiger partial charge >= 0.3 is 0 Å². The summed E-state index contributed by atoms with van der Waals surface area (Å²) in [5, 5.41) is 0. The summed E-state index contributed by atoms with van der Waals surface area (Å²) in [4.78, 5) is 0. The Kier molecular flexibility index (Phi) is 3.09. The van der Waals surface area contributed by atoms with Crippen LogP contribution in [0.2, 0.25) is 0 Å². The largest absolute Gasteiger partial charge is 0.486 e. The lowest BCUT2D eigenvalue weighted by Crippen LogP contribution is -2.42. The SMILES string of the molecule is NCC1(c2cc3c(cc2C(F)F)OCCO3)CCC1. The molecule has 3 rings (SSSR count). The summed E-state index contributed by atoms with van der Waals surface area (Å²) < 4.78 is 37.4. The van der Waals surface area contributed by atoms with E-state index in [1.54, 1.807) is 6.07 Å². The van der Waals surface area contributed by atoms with Crippen molar-refractivity contribution in [3.8, 4) is 11.5 Å². The first-order valence-electron chi connectivity index (χ1n) is 6.58. The van der Waals surface area contributed by atoms with Crippen molar-refractivity contribution in [2.75, 3.05) is 19.8 Å². The maximum absolute atomic E-state index is 13.3. The molecule has 0 unspecified atom stereocenters. The van der Waals surface area contributed by atoms with Crippen LogP contribution in [-0.2, 0) is 5.41 Å². The number of halogens is 2. The van der Waals surface area contributed by atoms with Gasteiger partial charge in [-0.05, 0) is 30.5 Å². The highest BCUT2D eigenvalue weighted by Crippen LogP contribution is 2.49. The molecule has 0 amide bonds. The number of ether oxygens (including phenoxy) is 2. The van der Waals surface area contributed by atoms with Gasteiger partial charge in [0.1, 0.15) is 13.2 Å². The van der Waals surface area contributed by atoms with Crippen LogP contribution < -0.4 is 15.2 Å². The third-order valence-electron chi connectivity index (χ3n) is 4.22. The first kappa shape index (κ1) is 12.7. The molecule has 1 aromatic rings. The van der Waals surface area contributed by atoms with Gasteiger partial charge in [0, 0.05) is 17.5 Å². The zero-order valence-corrected chi connectivity index (χ0v) is 10.6. The Labute approximate surface area is 110 Å². The predicted molar refractivity (Wildman–Crippen MR) is 67.0 cm³/mol. The molecule has 5 heteroatoms. The van der Waals surface area contributed by atoms with Crippen molar-refractivity contribution in [1.29, 1.82) is 0 Å². The highest BCUT2D eigenvalue weighted by molar-refractivity contribution is 5.52. The first-order valence-corrected chi connectivity index (χ1v) is 6.58. The van der Waals surface area contributed by atoms with Crippen molar-refractivity contribution in [2.24, 2.45) is 5.73 Å². The van der Waals surface area contributed by atoms with Gasteiger partial charge in [-0.1, -0.05) is 6.42 Å². The van der Waals surface area contributed by atoms with Gasteiger partial charge in [0.15, 0.2) is 11.5 Å². The zero-order valence-electron chi connectivity index (χ0n) is 10.6. The summed E-state index contributed by atoms with van der Waals surface area (Å²) in [5.41, 5.74) is 6.20. The standard InChI is InChI=1S/C14H17F2NO2/c15-13(16)9-6-11-12(19-5-4-18-11)7-10(9)14(8-17)2-1-3-14/h6-7,13H,1-5,8,17H2. The molecule has 1 aliphatic carbocycles. The second kappa shape index (κ2) is 4.63. The van der Waals surface area contributed by atoms with Gasteiger partial charge in [-0.3, -0.25) is 0 Å². The molecule has 1 fully saturated rings. The topological polar surface area (TPSA) is 44.5 Å². The van der Waals surface area contributed by atoms with Crippen molar-refractivity contribution in [2.45, 2.75) is 31.1 Å². The van der Waals surface area contributed by atoms with Crippen molar-refractivity contribution in [3.05, 3.63) is 23.3 Å². The van der Waals surface area contributed by atoms with Crippen LogP contribution in [0.3, 0.4) is 0 Å². The van der Waals surface area contributed by atoms with Gasteiger partial charge in [-0.2, -0.15) is 0 Å². The van der Waals surface area contributed by atoms with Gasteiger partial charge in [-0.25, -0.2) is 8.78 Å². The van der Waals surface area contributed by atoms with Crippen LogP contribution >= 0.6 is 0 Å². The van der Waals surface area contributed by atoms with Crippen LogP contribution in [0.15, 0.2) is 12.1 Å². The maximum Gasteiger partial charge on any atom is 0.264 e. The van der Waals surface area contributed by atoms with E-state index in [9.17, 15) is 8.78 Å². The monoisotopic (exact) mass is 269 g/mol. The Bertz CT molecular complexity index is 481. The number of hydrogen-bond donors (Lipinski definition) is 1. The van der Waals surface area contributed by atoms with Gasteiger partial charge in [0.2, 0.25) is 0 Å². The quantitative estimate of drug-likeness (QED) is 0.917. The van der Waals surface area contributed by atoms with E-state index < -0.39 is 6.43 Å². The third-order valence-corrected chi connectivity index (χ3v) is 4.22. The average Bonchev–Trinajstić information content (AvgIpc) is 2.37. The summed E-state index contributed by atoms with van der Waals surface area (Å²) in [7, 11) is 0. The van der Waals surface area contributed by atoms with E-state index in [-0.39, 0.29) is 11.0 Å². The van der Waals surface area contributed by atoms with Crippen molar-refractivity contribution in [1.82, 2.24) is 0 Å². The fraction of sp³-hybridized carbons (Fsp3) is 0.571. The van der Waals surface area contributed by atoms with E-state index in [2.05, 4.69) is 0 Å². The summed E-state index contributed by atoms with van der Waals surface area (Å²) in [5.74, 6) is 0.974. The molecule has 0 spiro atoms. The Hall–Kier alpha value is -1.36. The second-order valence-electron chi connectivity index (χ2n) is 5.22. The lowest BCUT2D eigenvalue weighted by atomic mass is 9.63. The van der Waals surface area contributed by atoms with Crippen LogP contribution in [0.4, 0.5) is 8.78 Å². The highest BCUT2D eigenvalue weighted by Gasteiger charge is 2.41. The summed E-state index contributed by atoms with van der Waals surface area (Å²) in [6, 6.07) is 3.13. The van der Waals surface area contributed by atoms with Gasteiger partial charge in [-0.15, -0.1) is 0 Å². The number of nitrogens with two attached hydrogens (primary N) is 1. The molecule has 1 saturated carbocycles. The molecule has 0 saturated heterocycles. The molecule has 0 bridgehead atoms. The van der Waals surface area contributed by atoms with Gasteiger partial charge in [0.25, 0.3) is 6.43 Å². The number of benzene rings is 1. The molecule has 0 aromatic heterocycles. The molecule has 1 aromatic carbocycles. The Morgan fingerprint density at radius 1 is 1.16 bits per heavy atom. The zero-order chi connectivity index (χ0) is 13.5. The minimum Gasteiger partial charge on any atom is -0.486 e. The molecule has 2 N–H and O–H groups in total. The summed E-state index contributed by atoms with van der Waals surface area (Å²) >= 11 is 0. The molecular weight excluding hydrogens is 252 g/mol. The molecule has 0 radical (unpaired) electrons. The third kappa shape index (κ3) is 1.96. The average molecular weight is 269 g/mol. The lowest BCUT2D eigenvalue weighted by Gasteiger charge is -2.43. The van der Waals surface area contributed by atoms with E-state index in [1.165, 1.54) is 6.07 Å². The molecular formula is C14H17F2NO2. The minimum absolute atomic E-state index is 0.0365. The lowest BCUT2D eigenvalue weighted by molar-refractivity contribution is 0.139. The van der Waals surface area contributed by atoms with Gasteiger partial charge in [0.05, 0.1) is 0 Å². The molecule has 1 aliphatic heterocycles. The smallest absolute Gasteiger partial charge is 0.264 e. The van der Waals surface area contributed by atoms with E-state index in [0.717, 1.165) is 19.3 Å². The minimum atomic E-state index is -2.52. The molecule has 19 heavy (non-hydrogen) atoms. The second-order valence-corrected chi connectivity index (χ2v) is 5.22. The maximum atomic E-state index is 13.3. The van der Waals surface area contributed by atoms with Crippen LogP contribution in [0.25, 0.3) is 0 Å². The Morgan fingerprint density at radius 3 is 2.26 bits per heavy atom. The van der Waals surface area contributed by atoms with Crippen LogP contribution in [0.1, 0.15) is 36.8 Å². The number of hydrogen-bond acceptors (Lipinski definition) is 3. The molecule has 0 atom stereocenters. The van der Waals surface area contributed by atoms with Crippen LogP contribution in [-0.4, -0.2) is 19.8 Å². The normalized spacial score (nSPS) is 20.2. The Balaban J connectivity index is 2.10. The van der Waals surface area contributed by atoms with Crippen molar-refractivity contribution in [3.63, 3.8) is 0 Å². The van der Waals surface area contributed by atoms with Gasteiger partial charge < -0.3 is 15.2 Å². The molecule has 3 nitrogen and oxygen atoms in total. The fourth-order valence-electron chi connectivity index (χ4n) is 2.93. The predicted octanol–water partition coefficient (Wildman–Crippen LogP) is 2.78. The summed E-state index contributed by atoms with van der Waals surface area (Å²) in [6.07, 6.45) is 0.245. The van der Waals surface area contributed by atoms with Crippen LogP contribution in [0.5, 0.6) is 11.5 Å². The Morgan fingerprint density at radius 2 is 1.79 bits per heavy atom. The highest BCUT2D eigenvalue weighted by atomic mass is 19.3. The molecule has 1 heterocycles. The van der Waals surface area contributed by atoms with Crippen molar-refractivity contribution < 1.29 is 18.3 Å². The molecule has 104 valence electrons. The number of fused-ring (bicyclic) bond motifs is 1. The first-order chi connectivity index (χ1) is 9.16. The van der Waals surface area contributed by atoms with Crippen LogP contribution in [0, 0.1) is 0 Å². The van der Waals surface area contributed by atoms with Crippen molar-refractivity contribution >= 4 is 0 Å². The fourth-order valence-corrected chi connectivity index (χ4v) is 2.93. The van der Waals surface area contributed by atoms with E-state index in [4.69, 9.17) is 15.2 Å². The van der Waals surface area contributed by atoms with E-state index in [0.29, 0.717) is 36.8 Å². The molecule has 2 aliphatic rings. The van der Waals surface area contributed by atoms with E-state index >= 15 is 0 Å². The summed E-state index contributed by atoms with van der Waals surface area (Å²) in [6.45, 7) is 1.25.